The van der Waals surface area contributed by atoms with Gasteiger partial charge in [0.15, 0.2) is 0 Å². The van der Waals surface area contributed by atoms with E-state index in [0.29, 0.717) is 17.6 Å². The van der Waals surface area contributed by atoms with Gasteiger partial charge >= 0.3 is 12.1 Å². The third-order valence-electron chi connectivity index (χ3n) is 5.89. The van der Waals surface area contributed by atoms with Gasteiger partial charge in [-0.25, -0.2) is 0 Å². The van der Waals surface area contributed by atoms with Crippen LogP contribution in [0.25, 0.3) is 11.5 Å². The molecule has 1 fully saturated rings. The Bertz CT molecular complexity index is 1090. The SMILES string of the molecule is CN1CCN(C(C)(C)C)CC1.O=CN(Cc1ccc(-c2nnc(C(F)(F)F)o2)cc1)c1ccccc1. The van der Waals surface area contributed by atoms with Crippen LogP contribution in [-0.2, 0) is 17.5 Å². The van der Waals surface area contributed by atoms with Crippen molar-refractivity contribution in [2.75, 3.05) is 38.1 Å². The molecule has 0 unspecified atom stereocenters. The number of hydrogen-bond donors (Lipinski definition) is 0. The summed E-state index contributed by atoms with van der Waals surface area (Å²) in [5.74, 6) is -1.60. The lowest BCUT2D eigenvalue weighted by atomic mass is 10.1. The molecular weight excluding hydrogens is 471 g/mol. The first kappa shape index (κ1) is 27.3. The molecule has 0 spiro atoms. The molecule has 2 aromatic carbocycles. The molecular formula is C26H32F3N5O2. The van der Waals surface area contributed by atoms with Crippen molar-refractivity contribution in [2.45, 2.75) is 39.0 Å². The van der Waals surface area contributed by atoms with E-state index in [4.69, 9.17) is 0 Å². The second-order valence-electron chi connectivity index (χ2n) is 9.64. The number of carbonyl (C=O) groups is 1. The number of para-hydroxylation sites is 1. The average molecular weight is 504 g/mol. The second kappa shape index (κ2) is 11.7. The van der Waals surface area contributed by atoms with Gasteiger partial charge in [0.05, 0.1) is 6.54 Å². The van der Waals surface area contributed by atoms with Crippen LogP contribution in [0.3, 0.4) is 0 Å². The highest BCUT2D eigenvalue weighted by atomic mass is 19.4. The van der Waals surface area contributed by atoms with Crippen LogP contribution in [0, 0.1) is 0 Å². The number of benzene rings is 2. The Morgan fingerprint density at radius 3 is 2.06 bits per heavy atom. The van der Waals surface area contributed by atoms with Gasteiger partial charge in [0.1, 0.15) is 0 Å². The average Bonchev–Trinajstić information content (AvgIpc) is 3.35. The predicted octanol–water partition coefficient (Wildman–Crippen LogP) is 4.95. The first-order valence-electron chi connectivity index (χ1n) is 11.7. The first-order chi connectivity index (χ1) is 17.0. The minimum Gasteiger partial charge on any atom is -0.413 e. The molecule has 1 saturated heterocycles. The van der Waals surface area contributed by atoms with Crippen LogP contribution >= 0.6 is 0 Å². The highest BCUT2D eigenvalue weighted by molar-refractivity contribution is 5.75. The Morgan fingerprint density at radius 2 is 1.56 bits per heavy atom. The number of piperazine rings is 1. The van der Waals surface area contributed by atoms with Crippen molar-refractivity contribution in [1.82, 2.24) is 20.0 Å². The second-order valence-corrected chi connectivity index (χ2v) is 9.64. The molecule has 1 aliphatic rings. The molecule has 1 aromatic heterocycles. The van der Waals surface area contributed by atoms with E-state index >= 15 is 0 Å². The van der Waals surface area contributed by atoms with Crippen molar-refractivity contribution in [3.05, 3.63) is 66.1 Å². The van der Waals surface area contributed by atoms with Crippen LogP contribution in [0.15, 0.2) is 59.0 Å². The molecule has 3 aromatic rings. The van der Waals surface area contributed by atoms with Crippen molar-refractivity contribution in [2.24, 2.45) is 0 Å². The number of alkyl halides is 3. The zero-order chi connectivity index (χ0) is 26.3. The summed E-state index contributed by atoms with van der Waals surface area (Å²) in [6.07, 6.45) is -3.96. The van der Waals surface area contributed by atoms with E-state index in [2.05, 4.69) is 52.2 Å². The van der Waals surface area contributed by atoms with Crippen molar-refractivity contribution in [3.63, 3.8) is 0 Å². The molecule has 36 heavy (non-hydrogen) atoms. The number of halogens is 3. The molecule has 7 nitrogen and oxygen atoms in total. The molecule has 2 heterocycles. The fraction of sp³-hybridized carbons (Fsp3) is 0.423. The third-order valence-corrected chi connectivity index (χ3v) is 5.89. The summed E-state index contributed by atoms with van der Waals surface area (Å²) in [6.45, 7) is 12.1. The minimum atomic E-state index is -4.68. The zero-order valence-corrected chi connectivity index (χ0v) is 21.0. The van der Waals surface area contributed by atoms with Gasteiger partial charge in [-0.3, -0.25) is 9.69 Å². The Morgan fingerprint density at radius 1 is 0.944 bits per heavy atom. The summed E-state index contributed by atoms with van der Waals surface area (Å²) in [7, 11) is 2.19. The zero-order valence-electron chi connectivity index (χ0n) is 21.0. The molecule has 0 radical (unpaired) electrons. The van der Waals surface area contributed by atoms with Gasteiger partial charge in [0, 0.05) is 43.0 Å². The van der Waals surface area contributed by atoms with Gasteiger partial charge in [0.25, 0.3) is 0 Å². The molecule has 0 N–H and O–H groups in total. The molecule has 1 amide bonds. The maximum absolute atomic E-state index is 12.5. The number of likely N-dealkylation sites (N-methyl/N-ethyl adjacent to an activating group) is 1. The Balaban J connectivity index is 0.000000275. The normalized spacial score (nSPS) is 15.2. The van der Waals surface area contributed by atoms with Crippen molar-refractivity contribution in [1.29, 1.82) is 0 Å². The maximum Gasteiger partial charge on any atom is 0.470 e. The summed E-state index contributed by atoms with van der Waals surface area (Å²) < 4.78 is 42.1. The van der Waals surface area contributed by atoms with Crippen LogP contribution in [0.1, 0.15) is 32.2 Å². The molecule has 10 heteroatoms. The van der Waals surface area contributed by atoms with Crippen LogP contribution in [-0.4, -0.2) is 65.2 Å². The summed E-state index contributed by atoms with van der Waals surface area (Å²) in [4.78, 5) is 17.7. The summed E-state index contributed by atoms with van der Waals surface area (Å²) in [5.41, 5.74) is 2.27. The number of amides is 1. The molecule has 0 saturated carbocycles. The Labute approximate surface area is 209 Å². The monoisotopic (exact) mass is 503 g/mol. The topological polar surface area (TPSA) is 65.7 Å². The maximum atomic E-state index is 12.5. The van der Waals surface area contributed by atoms with Crippen molar-refractivity contribution < 1.29 is 22.4 Å². The van der Waals surface area contributed by atoms with Crippen LogP contribution < -0.4 is 4.90 Å². The Hall–Kier alpha value is -3.24. The lowest BCUT2D eigenvalue weighted by Crippen LogP contribution is -2.52. The van der Waals surface area contributed by atoms with E-state index in [1.54, 1.807) is 36.4 Å². The van der Waals surface area contributed by atoms with Gasteiger partial charge in [-0.05, 0) is 57.6 Å². The van der Waals surface area contributed by atoms with Gasteiger partial charge in [-0.1, -0.05) is 30.3 Å². The van der Waals surface area contributed by atoms with E-state index in [-0.39, 0.29) is 5.89 Å². The van der Waals surface area contributed by atoms with E-state index in [1.807, 2.05) is 18.2 Å². The van der Waals surface area contributed by atoms with Gasteiger partial charge < -0.3 is 14.2 Å². The largest absolute Gasteiger partial charge is 0.470 e. The van der Waals surface area contributed by atoms with Gasteiger partial charge in [-0.2, -0.15) is 13.2 Å². The fourth-order valence-electron chi connectivity index (χ4n) is 3.69. The van der Waals surface area contributed by atoms with Crippen molar-refractivity contribution >= 4 is 12.1 Å². The number of hydrogen-bond acceptors (Lipinski definition) is 6. The van der Waals surface area contributed by atoms with Gasteiger partial charge in [-0.15, -0.1) is 10.2 Å². The summed E-state index contributed by atoms with van der Waals surface area (Å²) in [5, 5.41) is 6.40. The van der Waals surface area contributed by atoms with E-state index < -0.39 is 12.1 Å². The summed E-state index contributed by atoms with van der Waals surface area (Å²) >= 11 is 0. The number of aromatic nitrogens is 2. The summed E-state index contributed by atoms with van der Waals surface area (Å²) in [6, 6.07) is 15.6. The quantitative estimate of drug-likeness (QED) is 0.459. The first-order valence-corrected chi connectivity index (χ1v) is 11.7. The molecule has 1 aliphatic heterocycles. The van der Waals surface area contributed by atoms with E-state index in [0.717, 1.165) is 17.7 Å². The number of carbonyl (C=O) groups excluding carboxylic acids is 1. The Kier molecular flexibility index (Phi) is 8.86. The molecule has 4 rings (SSSR count). The smallest absolute Gasteiger partial charge is 0.413 e. The number of rotatable bonds is 5. The molecule has 0 aliphatic carbocycles. The molecule has 0 bridgehead atoms. The number of anilines is 1. The third kappa shape index (κ3) is 7.63. The van der Waals surface area contributed by atoms with Crippen LogP contribution in [0.4, 0.5) is 18.9 Å². The van der Waals surface area contributed by atoms with Crippen LogP contribution in [0.2, 0.25) is 0 Å². The molecule has 194 valence electrons. The minimum absolute atomic E-state index is 0.214. The standard InChI is InChI=1S/C17H12F3N3O2.C9H20N2/c18-17(19,20)16-22-21-15(25-16)13-8-6-12(7-9-13)10-23(11-24)14-4-2-1-3-5-14;1-9(2,3)11-7-5-10(4)6-8-11/h1-9,11H,10H2;5-8H2,1-4H3. The predicted molar refractivity (Wildman–Crippen MR) is 132 cm³/mol. The van der Waals surface area contributed by atoms with E-state index in [1.165, 1.54) is 31.1 Å². The molecule has 0 atom stereocenters. The fourth-order valence-corrected chi connectivity index (χ4v) is 3.69. The lowest BCUT2D eigenvalue weighted by molar-refractivity contribution is -0.156. The van der Waals surface area contributed by atoms with Gasteiger partial charge in [0.2, 0.25) is 12.3 Å². The van der Waals surface area contributed by atoms with Crippen molar-refractivity contribution in [3.8, 4) is 11.5 Å². The van der Waals surface area contributed by atoms with Crippen LogP contribution in [0.5, 0.6) is 0 Å². The van der Waals surface area contributed by atoms with E-state index in [9.17, 15) is 18.0 Å². The number of nitrogens with zero attached hydrogens (tertiary/aromatic N) is 5. The lowest BCUT2D eigenvalue weighted by Gasteiger charge is -2.41. The highest BCUT2D eigenvalue weighted by Gasteiger charge is 2.38. The highest BCUT2D eigenvalue weighted by Crippen LogP contribution is 2.30.